The van der Waals surface area contributed by atoms with Gasteiger partial charge in [-0.25, -0.2) is 0 Å². The Morgan fingerprint density at radius 1 is 0.403 bits per heavy atom. The molecular weight excluding hydrogens is 869 g/mol. The molecule has 3 aliphatic rings. The molecule has 10 aromatic rings. The summed E-state index contributed by atoms with van der Waals surface area (Å²) >= 11 is 0. The van der Waals surface area contributed by atoms with Gasteiger partial charge in [0.15, 0.2) is 0 Å². The fraction of sp³-hybridized carbons (Fsp3) is 0.0857. The SMILES string of the molecule is C1=CCCC(N(C2=CCC(c3ccccc3)C=C2)c2ccc3c(-c4cccc5ccccc45)c4cc(N(c5ccccc5)c5ccc(C6=CCCC=C6)cc5)ccc4c(-c4cccc5ccccc45)c3c2)=C1. The minimum absolute atomic E-state index is 0.347. The van der Waals surface area contributed by atoms with Crippen LogP contribution >= 0.6 is 0 Å². The summed E-state index contributed by atoms with van der Waals surface area (Å²) in [5.74, 6) is 0.347. The smallest absolute Gasteiger partial charge is 0.0468 e. The first-order chi connectivity index (χ1) is 35.7. The molecule has 1 unspecified atom stereocenters. The molecular formula is C70H54N2. The molecule has 344 valence electrons. The quantitative estimate of drug-likeness (QED) is 0.126. The van der Waals surface area contributed by atoms with Gasteiger partial charge < -0.3 is 9.80 Å². The van der Waals surface area contributed by atoms with Crippen LogP contribution in [0.3, 0.4) is 0 Å². The predicted molar refractivity (Wildman–Crippen MR) is 308 cm³/mol. The highest BCUT2D eigenvalue weighted by atomic mass is 15.2. The molecule has 0 aromatic heterocycles. The van der Waals surface area contributed by atoms with E-state index in [4.69, 9.17) is 0 Å². The van der Waals surface area contributed by atoms with E-state index in [2.05, 4.69) is 271 Å². The summed E-state index contributed by atoms with van der Waals surface area (Å²) < 4.78 is 0. The lowest BCUT2D eigenvalue weighted by molar-refractivity contribution is 0.826. The highest BCUT2D eigenvalue weighted by molar-refractivity contribution is 6.26. The number of fused-ring (bicyclic) bond motifs is 4. The first-order valence-electron chi connectivity index (χ1n) is 25.6. The molecule has 0 fully saturated rings. The summed E-state index contributed by atoms with van der Waals surface area (Å²) in [7, 11) is 0. The molecule has 3 aliphatic carbocycles. The standard InChI is InChI=1S/C70H54N2/c1-5-19-49(20-6-1)51-35-39-57(40-36-51)71(55-27-9-3-10-28-55)59-43-45-65-67(47-59)69(63-33-17-25-53-23-13-15-31-61(53)63)66-46-44-60(48-68(66)70(65)64-34-18-26-54-24-14-16-32-62(54)64)72(56-29-11-4-12-30-56)58-41-37-52(38-42-58)50-21-7-2-8-22-50/h1,3-7,9,11-27,29-35,37-48,51H,2,8,10,28,36H2. The molecule has 2 nitrogen and oxygen atoms in total. The van der Waals surface area contributed by atoms with Crippen LogP contribution in [0.15, 0.2) is 272 Å². The molecule has 2 heteroatoms. The second-order valence-corrected chi connectivity index (χ2v) is 19.3. The molecule has 0 bridgehead atoms. The first kappa shape index (κ1) is 43.3. The summed E-state index contributed by atoms with van der Waals surface area (Å²) in [6.07, 6.45) is 26.1. The van der Waals surface area contributed by atoms with Crippen molar-refractivity contribution in [3.63, 3.8) is 0 Å². The van der Waals surface area contributed by atoms with Gasteiger partial charge in [0.1, 0.15) is 0 Å². The van der Waals surface area contributed by atoms with E-state index in [1.807, 2.05) is 0 Å². The molecule has 0 N–H and O–H groups in total. The summed E-state index contributed by atoms with van der Waals surface area (Å²) in [6, 6.07) is 76.8. The Kier molecular flexibility index (Phi) is 11.4. The monoisotopic (exact) mass is 922 g/mol. The van der Waals surface area contributed by atoms with E-state index in [0.717, 1.165) is 54.9 Å². The van der Waals surface area contributed by atoms with Crippen LogP contribution in [0.2, 0.25) is 0 Å². The van der Waals surface area contributed by atoms with Gasteiger partial charge in [0.05, 0.1) is 0 Å². The van der Waals surface area contributed by atoms with Crippen molar-refractivity contribution in [2.45, 2.75) is 38.0 Å². The Labute approximate surface area is 422 Å². The van der Waals surface area contributed by atoms with Gasteiger partial charge in [-0.15, -0.1) is 0 Å². The van der Waals surface area contributed by atoms with Crippen LogP contribution in [-0.2, 0) is 0 Å². The highest BCUT2D eigenvalue weighted by Crippen LogP contribution is 2.50. The number of hydrogen-bond acceptors (Lipinski definition) is 2. The number of anilines is 4. The number of nitrogens with zero attached hydrogens (tertiary/aromatic N) is 2. The maximum absolute atomic E-state index is 2.53. The minimum atomic E-state index is 0.347. The molecule has 13 rings (SSSR count). The van der Waals surface area contributed by atoms with Crippen LogP contribution in [0.25, 0.3) is 70.9 Å². The van der Waals surface area contributed by atoms with Crippen molar-refractivity contribution in [2.75, 3.05) is 9.80 Å². The van der Waals surface area contributed by atoms with Gasteiger partial charge in [-0.1, -0.05) is 200 Å². The molecule has 0 saturated carbocycles. The summed E-state index contributed by atoms with van der Waals surface area (Å²) in [6.45, 7) is 0. The van der Waals surface area contributed by atoms with Gasteiger partial charge in [0, 0.05) is 40.1 Å². The van der Waals surface area contributed by atoms with E-state index in [1.54, 1.807) is 0 Å². The first-order valence-corrected chi connectivity index (χ1v) is 25.6. The zero-order valence-electron chi connectivity index (χ0n) is 40.3. The van der Waals surface area contributed by atoms with E-state index >= 15 is 0 Å². The van der Waals surface area contributed by atoms with Gasteiger partial charge in [0.25, 0.3) is 0 Å². The van der Waals surface area contributed by atoms with E-state index < -0.39 is 0 Å². The summed E-state index contributed by atoms with van der Waals surface area (Å²) in [5.41, 5.74) is 15.8. The molecule has 0 heterocycles. The largest absolute Gasteiger partial charge is 0.315 e. The third kappa shape index (κ3) is 7.96. The lowest BCUT2D eigenvalue weighted by Gasteiger charge is -2.32. The summed E-state index contributed by atoms with van der Waals surface area (Å²) in [5, 5.41) is 9.82. The summed E-state index contributed by atoms with van der Waals surface area (Å²) in [4.78, 5) is 4.95. The van der Waals surface area contributed by atoms with Crippen LogP contribution in [0.5, 0.6) is 0 Å². The molecule has 0 amide bonds. The molecule has 10 aromatic carbocycles. The van der Waals surface area contributed by atoms with Crippen molar-refractivity contribution < 1.29 is 0 Å². The van der Waals surface area contributed by atoms with Crippen molar-refractivity contribution in [2.24, 2.45) is 0 Å². The number of para-hydroxylation sites is 1. The Morgan fingerprint density at radius 2 is 0.986 bits per heavy atom. The molecule has 0 aliphatic heterocycles. The zero-order chi connectivity index (χ0) is 47.8. The van der Waals surface area contributed by atoms with Crippen molar-refractivity contribution in [3.05, 3.63) is 283 Å². The van der Waals surface area contributed by atoms with Crippen LogP contribution in [0.4, 0.5) is 22.7 Å². The van der Waals surface area contributed by atoms with Crippen LogP contribution in [0, 0.1) is 0 Å². The Bertz CT molecular complexity index is 3870. The van der Waals surface area contributed by atoms with Crippen molar-refractivity contribution in [3.8, 4) is 22.3 Å². The average Bonchev–Trinajstić information content (AvgIpc) is 3.46. The Balaban J connectivity index is 1.09. The number of allylic oxidation sites excluding steroid dienone is 11. The Hall–Kier alpha value is -8.72. The van der Waals surface area contributed by atoms with Crippen LogP contribution in [0.1, 0.15) is 49.1 Å². The predicted octanol–water partition coefficient (Wildman–Crippen LogP) is 19.5. The van der Waals surface area contributed by atoms with Crippen molar-refractivity contribution >= 4 is 71.4 Å². The van der Waals surface area contributed by atoms with E-state index in [-0.39, 0.29) is 0 Å². The second kappa shape index (κ2) is 18.9. The van der Waals surface area contributed by atoms with Crippen molar-refractivity contribution in [1.29, 1.82) is 0 Å². The molecule has 0 saturated heterocycles. The lowest BCUT2D eigenvalue weighted by atomic mass is 9.83. The molecule has 0 spiro atoms. The highest BCUT2D eigenvalue weighted by Gasteiger charge is 2.25. The van der Waals surface area contributed by atoms with Crippen LogP contribution in [-0.4, -0.2) is 0 Å². The zero-order valence-corrected chi connectivity index (χ0v) is 40.3. The maximum Gasteiger partial charge on any atom is 0.0468 e. The molecule has 1 atom stereocenters. The topological polar surface area (TPSA) is 6.48 Å². The third-order valence-electron chi connectivity index (χ3n) is 15.0. The van der Waals surface area contributed by atoms with Crippen molar-refractivity contribution in [1.82, 2.24) is 0 Å². The fourth-order valence-corrected chi connectivity index (χ4v) is 11.6. The van der Waals surface area contributed by atoms with E-state index in [1.165, 1.54) is 93.4 Å². The van der Waals surface area contributed by atoms with Gasteiger partial charge in [-0.3, -0.25) is 0 Å². The number of benzene rings is 10. The van der Waals surface area contributed by atoms with Gasteiger partial charge >= 0.3 is 0 Å². The average molecular weight is 923 g/mol. The lowest BCUT2D eigenvalue weighted by Crippen LogP contribution is -2.23. The minimum Gasteiger partial charge on any atom is -0.315 e. The molecule has 72 heavy (non-hydrogen) atoms. The van der Waals surface area contributed by atoms with Gasteiger partial charge in [-0.05, 0) is 175 Å². The molecule has 0 radical (unpaired) electrons. The van der Waals surface area contributed by atoms with Gasteiger partial charge in [0.2, 0.25) is 0 Å². The fourth-order valence-electron chi connectivity index (χ4n) is 11.6. The number of rotatable bonds is 10. The number of hydrogen-bond donors (Lipinski definition) is 0. The second-order valence-electron chi connectivity index (χ2n) is 19.3. The Morgan fingerprint density at radius 3 is 1.58 bits per heavy atom. The normalized spacial score (nSPS) is 15.4. The maximum atomic E-state index is 2.53. The third-order valence-corrected chi connectivity index (χ3v) is 15.0. The van der Waals surface area contributed by atoms with E-state index in [9.17, 15) is 0 Å². The van der Waals surface area contributed by atoms with Gasteiger partial charge in [-0.2, -0.15) is 0 Å². The van der Waals surface area contributed by atoms with Crippen LogP contribution < -0.4 is 9.80 Å². The van der Waals surface area contributed by atoms with E-state index in [0.29, 0.717) is 5.92 Å².